The topological polar surface area (TPSA) is 64.4 Å². The third kappa shape index (κ3) is 2.15. The highest BCUT2D eigenvalue weighted by Crippen LogP contribution is 2.17. The largest absolute Gasteiger partial charge is 0.468 e. The zero-order valence-electron chi connectivity index (χ0n) is 9.97. The average Bonchev–Trinajstić information content (AvgIpc) is 2.60. The Kier molecular flexibility index (Phi) is 3.12. The molecule has 1 aliphatic heterocycles. The highest BCUT2D eigenvalue weighted by molar-refractivity contribution is 5.97. The second kappa shape index (κ2) is 4.57. The van der Waals surface area contributed by atoms with E-state index in [1.54, 1.807) is 10.9 Å². The summed E-state index contributed by atoms with van der Waals surface area (Å²) in [6, 6.07) is 0. The van der Waals surface area contributed by atoms with Gasteiger partial charge < -0.3 is 9.64 Å². The van der Waals surface area contributed by atoms with Gasteiger partial charge in [0.05, 0.1) is 24.6 Å². The molecule has 0 atom stereocenters. The molecule has 1 aromatic heterocycles. The number of hydrogen-bond acceptors (Lipinski definition) is 4. The van der Waals surface area contributed by atoms with E-state index in [9.17, 15) is 9.59 Å². The predicted molar refractivity (Wildman–Crippen MR) is 59.4 cm³/mol. The fourth-order valence-electron chi connectivity index (χ4n) is 2.02. The Bertz CT molecular complexity index is 453. The SMILES string of the molecule is COC(=O)CN1CCCc2c(cnn2C)C1=O. The van der Waals surface area contributed by atoms with Crippen molar-refractivity contribution in [2.24, 2.45) is 7.05 Å². The van der Waals surface area contributed by atoms with Gasteiger partial charge in [-0.15, -0.1) is 0 Å². The van der Waals surface area contributed by atoms with Gasteiger partial charge in [-0.1, -0.05) is 0 Å². The van der Waals surface area contributed by atoms with Crippen molar-refractivity contribution in [2.75, 3.05) is 20.2 Å². The summed E-state index contributed by atoms with van der Waals surface area (Å²) in [4.78, 5) is 24.9. The first-order valence-electron chi connectivity index (χ1n) is 5.50. The van der Waals surface area contributed by atoms with E-state index < -0.39 is 5.97 Å². The van der Waals surface area contributed by atoms with Gasteiger partial charge in [0.2, 0.25) is 0 Å². The molecule has 0 saturated heterocycles. The van der Waals surface area contributed by atoms with E-state index in [0.29, 0.717) is 12.1 Å². The number of carbonyl (C=O) groups is 2. The smallest absolute Gasteiger partial charge is 0.325 e. The Labute approximate surface area is 99.1 Å². The van der Waals surface area contributed by atoms with Crippen LogP contribution in [0.3, 0.4) is 0 Å². The summed E-state index contributed by atoms with van der Waals surface area (Å²) >= 11 is 0. The molecule has 17 heavy (non-hydrogen) atoms. The van der Waals surface area contributed by atoms with Crippen molar-refractivity contribution in [1.82, 2.24) is 14.7 Å². The van der Waals surface area contributed by atoms with Crippen LogP contribution in [-0.2, 0) is 23.0 Å². The van der Waals surface area contributed by atoms with Crippen molar-refractivity contribution in [3.05, 3.63) is 17.5 Å². The van der Waals surface area contributed by atoms with E-state index >= 15 is 0 Å². The molecule has 0 fully saturated rings. The third-order valence-electron chi connectivity index (χ3n) is 2.97. The fourth-order valence-corrected chi connectivity index (χ4v) is 2.02. The summed E-state index contributed by atoms with van der Waals surface area (Å²) in [6.45, 7) is 0.576. The van der Waals surface area contributed by atoms with Crippen molar-refractivity contribution >= 4 is 11.9 Å². The molecule has 2 heterocycles. The summed E-state index contributed by atoms with van der Waals surface area (Å²) in [6.07, 6.45) is 3.19. The molecule has 6 nitrogen and oxygen atoms in total. The first-order valence-corrected chi connectivity index (χ1v) is 5.50. The molecule has 0 bridgehead atoms. The maximum absolute atomic E-state index is 12.2. The lowest BCUT2D eigenvalue weighted by Crippen LogP contribution is -2.36. The molecule has 0 spiro atoms. The summed E-state index contributed by atoms with van der Waals surface area (Å²) in [5.41, 5.74) is 1.52. The number of nitrogens with zero attached hydrogens (tertiary/aromatic N) is 3. The molecule has 0 aliphatic carbocycles. The fraction of sp³-hybridized carbons (Fsp3) is 0.545. The number of ether oxygens (including phenoxy) is 1. The van der Waals surface area contributed by atoms with Gasteiger partial charge in [-0.05, 0) is 12.8 Å². The molecule has 0 unspecified atom stereocenters. The molecule has 0 saturated carbocycles. The number of carbonyl (C=O) groups excluding carboxylic acids is 2. The quantitative estimate of drug-likeness (QED) is 0.678. The van der Waals surface area contributed by atoms with E-state index in [2.05, 4.69) is 9.84 Å². The zero-order valence-corrected chi connectivity index (χ0v) is 9.97. The second-order valence-electron chi connectivity index (χ2n) is 4.03. The van der Waals surface area contributed by atoms with Crippen LogP contribution in [0.1, 0.15) is 22.5 Å². The van der Waals surface area contributed by atoms with Crippen molar-refractivity contribution in [2.45, 2.75) is 12.8 Å². The first-order chi connectivity index (χ1) is 8.13. The van der Waals surface area contributed by atoms with Gasteiger partial charge in [0.15, 0.2) is 0 Å². The number of esters is 1. The van der Waals surface area contributed by atoms with Gasteiger partial charge in [0, 0.05) is 13.6 Å². The van der Waals surface area contributed by atoms with Crippen LogP contribution in [0.25, 0.3) is 0 Å². The standard InChI is InChI=1S/C11H15N3O3/c1-13-9-4-3-5-14(7-10(15)17-2)11(16)8(9)6-12-13/h6H,3-5,7H2,1-2H3. The Balaban J connectivity index is 2.23. The van der Waals surface area contributed by atoms with Crippen LogP contribution < -0.4 is 0 Å². The first kappa shape index (κ1) is 11.6. The molecule has 0 aromatic carbocycles. The maximum atomic E-state index is 12.2. The summed E-state index contributed by atoms with van der Waals surface area (Å²) in [7, 11) is 3.14. The minimum absolute atomic E-state index is 0.00364. The monoisotopic (exact) mass is 237 g/mol. The van der Waals surface area contributed by atoms with E-state index in [-0.39, 0.29) is 12.5 Å². The van der Waals surface area contributed by atoms with Crippen LogP contribution in [0.4, 0.5) is 0 Å². The van der Waals surface area contributed by atoms with Crippen LogP contribution in [-0.4, -0.2) is 46.8 Å². The molecule has 92 valence electrons. The van der Waals surface area contributed by atoms with Gasteiger partial charge in [0.25, 0.3) is 5.91 Å². The summed E-state index contributed by atoms with van der Waals surface area (Å²) in [5, 5.41) is 4.08. The Morgan fingerprint density at radius 3 is 3.06 bits per heavy atom. The lowest BCUT2D eigenvalue weighted by Gasteiger charge is -2.18. The van der Waals surface area contributed by atoms with Gasteiger partial charge in [-0.3, -0.25) is 14.3 Å². The van der Waals surface area contributed by atoms with Crippen LogP contribution in [0, 0.1) is 0 Å². The molecule has 2 rings (SSSR count). The number of methoxy groups -OCH3 is 1. The Morgan fingerprint density at radius 1 is 1.59 bits per heavy atom. The van der Waals surface area contributed by atoms with Crippen molar-refractivity contribution in [3.8, 4) is 0 Å². The average molecular weight is 237 g/mol. The van der Waals surface area contributed by atoms with Crippen molar-refractivity contribution in [1.29, 1.82) is 0 Å². The Morgan fingerprint density at radius 2 is 2.35 bits per heavy atom. The van der Waals surface area contributed by atoms with E-state index in [4.69, 9.17) is 0 Å². The molecule has 0 N–H and O–H groups in total. The minimum atomic E-state index is -0.398. The molecule has 6 heteroatoms. The van der Waals surface area contributed by atoms with Crippen LogP contribution in [0.5, 0.6) is 0 Å². The summed E-state index contributed by atoms with van der Waals surface area (Å²) < 4.78 is 6.30. The molecular weight excluding hydrogens is 222 g/mol. The van der Waals surface area contributed by atoms with E-state index in [0.717, 1.165) is 18.5 Å². The lowest BCUT2D eigenvalue weighted by atomic mass is 10.2. The van der Waals surface area contributed by atoms with Gasteiger partial charge in [-0.2, -0.15) is 5.10 Å². The van der Waals surface area contributed by atoms with Gasteiger partial charge in [-0.25, -0.2) is 0 Å². The highest BCUT2D eigenvalue weighted by atomic mass is 16.5. The zero-order chi connectivity index (χ0) is 12.4. The molecule has 1 aromatic rings. The predicted octanol–water partition coefficient (Wildman–Crippen LogP) is -0.0185. The highest BCUT2D eigenvalue weighted by Gasteiger charge is 2.26. The number of aryl methyl sites for hydroxylation is 1. The van der Waals surface area contributed by atoms with Gasteiger partial charge >= 0.3 is 5.97 Å². The lowest BCUT2D eigenvalue weighted by molar-refractivity contribution is -0.141. The van der Waals surface area contributed by atoms with Crippen molar-refractivity contribution < 1.29 is 14.3 Å². The Hall–Kier alpha value is -1.85. The maximum Gasteiger partial charge on any atom is 0.325 e. The third-order valence-corrected chi connectivity index (χ3v) is 2.97. The molecular formula is C11H15N3O3. The number of fused-ring (bicyclic) bond motifs is 1. The number of rotatable bonds is 2. The van der Waals surface area contributed by atoms with E-state index in [1.807, 2.05) is 7.05 Å². The van der Waals surface area contributed by atoms with Crippen LogP contribution in [0.15, 0.2) is 6.20 Å². The summed E-state index contributed by atoms with van der Waals surface area (Å²) in [5.74, 6) is -0.540. The molecule has 1 aliphatic rings. The number of hydrogen-bond donors (Lipinski definition) is 0. The minimum Gasteiger partial charge on any atom is -0.468 e. The number of amides is 1. The normalized spacial score (nSPS) is 15.4. The van der Waals surface area contributed by atoms with Crippen molar-refractivity contribution in [3.63, 3.8) is 0 Å². The number of aromatic nitrogens is 2. The van der Waals surface area contributed by atoms with Crippen LogP contribution in [0.2, 0.25) is 0 Å². The molecule has 1 amide bonds. The van der Waals surface area contributed by atoms with Crippen LogP contribution >= 0.6 is 0 Å². The second-order valence-corrected chi connectivity index (χ2v) is 4.03. The van der Waals surface area contributed by atoms with Gasteiger partial charge in [0.1, 0.15) is 6.54 Å². The molecule has 0 radical (unpaired) electrons. The van der Waals surface area contributed by atoms with E-state index in [1.165, 1.54) is 12.0 Å².